The van der Waals surface area contributed by atoms with Crippen LogP contribution in [0.15, 0.2) is 16.9 Å². The number of alkyl halides is 3. The van der Waals surface area contributed by atoms with Crippen LogP contribution in [0.4, 0.5) is 13.2 Å². The molecular weight excluding hydrogens is 435 g/mol. The topological polar surface area (TPSA) is 63.6 Å². The van der Waals surface area contributed by atoms with E-state index in [1.54, 1.807) is 4.90 Å². The number of carbonyl (C=O) groups excluding carboxylic acids is 1. The molecule has 2 aliphatic heterocycles. The molecule has 1 saturated carbocycles. The van der Waals surface area contributed by atoms with Gasteiger partial charge in [-0.05, 0) is 43.6 Å². The molecule has 0 spiro atoms. The molecule has 33 heavy (non-hydrogen) atoms. The van der Waals surface area contributed by atoms with Crippen LogP contribution in [0.5, 0.6) is 0 Å². The van der Waals surface area contributed by atoms with Crippen molar-refractivity contribution in [1.29, 1.82) is 0 Å². The third-order valence-electron chi connectivity index (χ3n) is 7.95. The minimum absolute atomic E-state index is 0.00191. The highest BCUT2D eigenvalue weighted by molar-refractivity contribution is 5.83. The Hall–Kier alpha value is -1.87. The second kappa shape index (κ2) is 9.06. The highest BCUT2D eigenvalue weighted by Crippen LogP contribution is 2.46. The Kier molecular flexibility index (Phi) is 6.66. The zero-order valence-electron chi connectivity index (χ0n) is 19.6. The number of pyridine rings is 1. The van der Waals surface area contributed by atoms with E-state index in [4.69, 9.17) is 4.74 Å². The highest BCUT2D eigenvalue weighted by Gasteiger charge is 2.50. The van der Waals surface area contributed by atoms with Gasteiger partial charge in [-0.2, -0.15) is 13.2 Å². The van der Waals surface area contributed by atoms with E-state index in [0.717, 1.165) is 45.0 Å². The average molecular weight is 470 g/mol. The van der Waals surface area contributed by atoms with Gasteiger partial charge >= 0.3 is 6.18 Å². The van der Waals surface area contributed by atoms with Crippen LogP contribution in [-0.2, 0) is 28.8 Å². The van der Waals surface area contributed by atoms with Gasteiger partial charge in [-0.15, -0.1) is 0 Å². The van der Waals surface area contributed by atoms with E-state index in [1.807, 2.05) is 0 Å². The monoisotopic (exact) mass is 469 g/mol. The molecule has 0 bridgehead atoms. The molecule has 4 rings (SSSR count). The van der Waals surface area contributed by atoms with Gasteiger partial charge in [0.1, 0.15) is 0 Å². The third-order valence-corrected chi connectivity index (χ3v) is 7.95. The van der Waals surface area contributed by atoms with E-state index in [0.29, 0.717) is 24.6 Å². The molecule has 9 heteroatoms. The standard InChI is InChI=1S/C24H34F3N3O3/c1-15(2)23(6-4-18(12-23)28-20-5-9-33-14-16(20)3)22(32)29-7-8-30-19(13-29)10-17(11-21(30)31)24(25,26)27/h10-11,15-16,18,20,28H,4-9,12-14H2,1-3H3/t16?,18-,20?,23+/m1/s1. The summed E-state index contributed by atoms with van der Waals surface area (Å²) in [6, 6.07) is 2.25. The van der Waals surface area contributed by atoms with Crippen molar-refractivity contribution in [2.24, 2.45) is 17.3 Å². The van der Waals surface area contributed by atoms with Gasteiger partial charge in [0, 0.05) is 43.5 Å². The fourth-order valence-electron chi connectivity index (χ4n) is 5.80. The number of ether oxygens (including phenoxy) is 1. The second-order valence-corrected chi connectivity index (χ2v) is 10.3. The molecule has 3 heterocycles. The van der Waals surface area contributed by atoms with Crippen LogP contribution in [-0.4, -0.2) is 47.2 Å². The lowest BCUT2D eigenvalue weighted by Gasteiger charge is -2.40. The number of rotatable bonds is 4. The molecule has 6 nitrogen and oxygen atoms in total. The van der Waals surface area contributed by atoms with Gasteiger partial charge in [-0.1, -0.05) is 20.8 Å². The Bertz CT molecular complexity index is 945. The summed E-state index contributed by atoms with van der Waals surface area (Å²) in [6.07, 6.45) is -1.26. The van der Waals surface area contributed by atoms with E-state index in [-0.39, 0.29) is 36.7 Å². The predicted molar refractivity (Wildman–Crippen MR) is 118 cm³/mol. The first-order valence-corrected chi connectivity index (χ1v) is 12.0. The van der Waals surface area contributed by atoms with Crippen LogP contribution in [0, 0.1) is 17.3 Å². The van der Waals surface area contributed by atoms with Crippen molar-refractivity contribution >= 4 is 5.91 Å². The van der Waals surface area contributed by atoms with Crippen LogP contribution < -0.4 is 10.9 Å². The van der Waals surface area contributed by atoms with Crippen LogP contribution >= 0.6 is 0 Å². The number of carbonyl (C=O) groups is 1. The van der Waals surface area contributed by atoms with Crippen molar-refractivity contribution in [2.45, 2.75) is 77.8 Å². The number of fused-ring (bicyclic) bond motifs is 1. The van der Waals surface area contributed by atoms with E-state index >= 15 is 0 Å². The van der Waals surface area contributed by atoms with E-state index in [2.05, 4.69) is 26.1 Å². The van der Waals surface area contributed by atoms with Crippen molar-refractivity contribution < 1.29 is 22.7 Å². The first-order valence-electron chi connectivity index (χ1n) is 12.0. The average Bonchev–Trinajstić information content (AvgIpc) is 3.19. The van der Waals surface area contributed by atoms with E-state index in [9.17, 15) is 22.8 Å². The summed E-state index contributed by atoms with van der Waals surface area (Å²) in [5, 5.41) is 3.76. The molecular formula is C24H34F3N3O3. The van der Waals surface area contributed by atoms with Gasteiger partial charge in [0.25, 0.3) is 5.56 Å². The normalized spacial score (nSPS) is 30.5. The fraction of sp³-hybridized carbons (Fsp3) is 0.750. The summed E-state index contributed by atoms with van der Waals surface area (Å²) in [5.74, 6) is 0.524. The summed E-state index contributed by atoms with van der Waals surface area (Å²) in [4.78, 5) is 27.7. The van der Waals surface area contributed by atoms with Gasteiger partial charge in [0.05, 0.1) is 24.1 Å². The SMILES string of the molecule is CC1COCCC1N[C@@H]1CC[C@@](C(=O)N2CCn3c(cc(C(F)(F)F)cc3=O)C2)(C(C)C)C1. The molecule has 184 valence electrons. The number of amides is 1. The molecule has 0 radical (unpaired) electrons. The smallest absolute Gasteiger partial charge is 0.381 e. The Balaban J connectivity index is 1.51. The molecule has 0 aromatic carbocycles. The quantitative estimate of drug-likeness (QED) is 0.734. The molecule has 1 aromatic rings. The zero-order chi connectivity index (χ0) is 24.0. The first-order chi connectivity index (χ1) is 15.5. The molecule has 1 amide bonds. The molecule has 1 aromatic heterocycles. The van der Waals surface area contributed by atoms with E-state index < -0.39 is 22.7 Å². The fourth-order valence-corrected chi connectivity index (χ4v) is 5.80. The Morgan fingerprint density at radius 1 is 1.24 bits per heavy atom. The molecule has 3 aliphatic rings. The minimum atomic E-state index is -4.59. The van der Waals surface area contributed by atoms with Crippen LogP contribution in [0.3, 0.4) is 0 Å². The molecule has 1 aliphatic carbocycles. The number of hydrogen-bond donors (Lipinski definition) is 1. The van der Waals surface area contributed by atoms with Crippen molar-refractivity contribution in [1.82, 2.24) is 14.8 Å². The summed E-state index contributed by atoms with van der Waals surface area (Å²) in [5.41, 5.74) is -1.92. The number of nitrogens with zero attached hydrogens (tertiary/aromatic N) is 2. The van der Waals surface area contributed by atoms with Gasteiger partial charge in [-0.25, -0.2) is 0 Å². The largest absolute Gasteiger partial charge is 0.416 e. The maximum Gasteiger partial charge on any atom is 0.416 e. The van der Waals surface area contributed by atoms with Gasteiger partial charge in [0.2, 0.25) is 5.91 Å². The molecule has 2 fully saturated rings. The van der Waals surface area contributed by atoms with Crippen molar-refractivity contribution in [3.63, 3.8) is 0 Å². The second-order valence-electron chi connectivity index (χ2n) is 10.3. The summed E-state index contributed by atoms with van der Waals surface area (Å²) < 4.78 is 46.6. The number of nitrogens with one attached hydrogen (secondary N) is 1. The van der Waals surface area contributed by atoms with E-state index in [1.165, 1.54) is 4.57 Å². The summed E-state index contributed by atoms with van der Waals surface area (Å²) in [7, 11) is 0. The number of hydrogen-bond acceptors (Lipinski definition) is 4. The lowest BCUT2D eigenvalue weighted by atomic mass is 9.74. The van der Waals surface area contributed by atoms with Crippen molar-refractivity contribution in [3.8, 4) is 0 Å². The van der Waals surface area contributed by atoms with Crippen LogP contribution in [0.2, 0.25) is 0 Å². The van der Waals surface area contributed by atoms with Crippen molar-refractivity contribution in [2.75, 3.05) is 19.8 Å². The Morgan fingerprint density at radius 2 is 2.00 bits per heavy atom. The predicted octanol–water partition coefficient (Wildman–Crippen LogP) is 3.42. The van der Waals surface area contributed by atoms with Gasteiger partial charge < -0.3 is 19.5 Å². The maximum absolute atomic E-state index is 13.8. The van der Waals surface area contributed by atoms with Gasteiger partial charge in [-0.3, -0.25) is 9.59 Å². The highest BCUT2D eigenvalue weighted by atomic mass is 19.4. The lowest BCUT2D eigenvalue weighted by Crippen LogP contribution is -2.51. The maximum atomic E-state index is 13.8. The molecule has 1 N–H and O–H groups in total. The lowest BCUT2D eigenvalue weighted by molar-refractivity contribution is -0.146. The molecule has 1 saturated heterocycles. The summed E-state index contributed by atoms with van der Waals surface area (Å²) >= 11 is 0. The zero-order valence-corrected chi connectivity index (χ0v) is 19.6. The Labute approximate surface area is 192 Å². The third kappa shape index (κ3) is 4.71. The number of halogens is 3. The first kappa shape index (κ1) is 24.3. The number of aromatic nitrogens is 1. The van der Waals surface area contributed by atoms with Crippen LogP contribution in [0.25, 0.3) is 0 Å². The Morgan fingerprint density at radius 3 is 2.67 bits per heavy atom. The van der Waals surface area contributed by atoms with Crippen LogP contribution in [0.1, 0.15) is 57.7 Å². The van der Waals surface area contributed by atoms with Gasteiger partial charge in [0.15, 0.2) is 0 Å². The summed E-state index contributed by atoms with van der Waals surface area (Å²) in [6.45, 7) is 8.36. The minimum Gasteiger partial charge on any atom is -0.381 e. The molecule has 4 atom stereocenters. The van der Waals surface area contributed by atoms with Crippen molar-refractivity contribution in [3.05, 3.63) is 33.7 Å². The molecule has 2 unspecified atom stereocenters.